The summed E-state index contributed by atoms with van der Waals surface area (Å²) in [7, 11) is 1.35. The Hall–Kier alpha value is -2.50. The van der Waals surface area contributed by atoms with E-state index in [0.717, 1.165) is 16.7 Å². The van der Waals surface area contributed by atoms with Crippen LogP contribution >= 0.6 is 11.3 Å². The Labute approximate surface area is 144 Å². The molecule has 1 atom stereocenters. The van der Waals surface area contributed by atoms with Gasteiger partial charge in [-0.25, -0.2) is 9.78 Å². The number of hydrogen-bond donors (Lipinski definition) is 1. The highest BCUT2D eigenvalue weighted by molar-refractivity contribution is 7.09. The van der Waals surface area contributed by atoms with Crippen molar-refractivity contribution >= 4 is 17.3 Å². The maximum Gasteiger partial charge on any atom is 0.337 e. The molecule has 0 amide bonds. The molecule has 122 valence electrons. The van der Waals surface area contributed by atoms with Crippen molar-refractivity contribution in [2.45, 2.75) is 13.0 Å². The number of carbonyl (C=O) groups is 1. The van der Waals surface area contributed by atoms with E-state index in [1.54, 1.807) is 18.3 Å². The second kappa shape index (κ2) is 6.95. The highest BCUT2D eigenvalue weighted by Crippen LogP contribution is 2.30. The standard InChI is InChI=1S/C19H17NO3S/c1-12-3-5-13(6-4-12)14-9-15(11-16(10-14)19(22)23-2)17(21)18-20-7-8-24-18/h3-11,17,21H,1-2H3. The first-order valence-electron chi connectivity index (χ1n) is 7.46. The highest BCUT2D eigenvalue weighted by Gasteiger charge is 2.17. The Balaban J connectivity index is 2.10. The number of hydrogen-bond acceptors (Lipinski definition) is 5. The lowest BCUT2D eigenvalue weighted by molar-refractivity contribution is 0.0600. The zero-order valence-corrected chi connectivity index (χ0v) is 14.2. The summed E-state index contributed by atoms with van der Waals surface area (Å²) in [6.45, 7) is 2.02. The second-order valence-electron chi connectivity index (χ2n) is 5.47. The quantitative estimate of drug-likeness (QED) is 0.730. The van der Waals surface area contributed by atoms with Gasteiger partial charge in [-0.3, -0.25) is 0 Å². The third kappa shape index (κ3) is 3.37. The van der Waals surface area contributed by atoms with E-state index in [9.17, 15) is 9.90 Å². The third-order valence-corrected chi connectivity index (χ3v) is 4.59. The summed E-state index contributed by atoms with van der Waals surface area (Å²) in [5.41, 5.74) is 4.00. The topological polar surface area (TPSA) is 59.4 Å². The molecule has 0 radical (unpaired) electrons. The smallest absolute Gasteiger partial charge is 0.337 e. The van der Waals surface area contributed by atoms with Crippen LogP contribution in [0.3, 0.4) is 0 Å². The molecule has 2 aromatic carbocycles. The van der Waals surface area contributed by atoms with Crippen LogP contribution < -0.4 is 0 Å². The summed E-state index contributed by atoms with van der Waals surface area (Å²) in [6.07, 6.45) is 0.771. The van der Waals surface area contributed by atoms with Gasteiger partial charge in [-0.1, -0.05) is 29.8 Å². The zero-order chi connectivity index (χ0) is 17.1. The second-order valence-corrected chi connectivity index (χ2v) is 6.40. The summed E-state index contributed by atoms with van der Waals surface area (Å²) in [4.78, 5) is 16.1. The molecule has 1 heterocycles. The van der Waals surface area contributed by atoms with Gasteiger partial charge in [0.1, 0.15) is 11.1 Å². The van der Waals surface area contributed by atoms with Gasteiger partial charge in [-0.15, -0.1) is 11.3 Å². The van der Waals surface area contributed by atoms with Crippen LogP contribution in [0.25, 0.3) is 11.1 Å². The van der Waals surface area contributed by atoms with Gasteiger partial charge >= 0.3 is 5.97 Å². The number of aryl methyl sites for hydroxylation is 1. The number of benzene rings is 2. The van der Waals surface area contributed by atoms with E-state index in [-0.39, 0.29) is 0 Å². The van der Waals surface area contributed by atoms with Crippen molar-refractivity contribution in [3.05, 3.63) is 75.7 Å². The molecule has 0 saturated heterocycles. The molecular formula is C19H17NO3S. The van der Waals surface area contributed by atoms with Gasteiger partial charge in [-0.05, 0) is 41.8 Å². The summed E-state index contributed by atoms with van der Waals surface area (Å²) in [5.74, 6) is -0.434. The fourth-order valence-corrected chi connectivity index (χ4v) is 3.12. The number of aliphatic hydroxyl groups excluding tert-OH is 1. The minimum Gasteiger partial charge on any atom is -0.465 e. The van der Waals surface area contributed by atoms with Crippen LogP contribution in [0.4, 0.5) is 0 Å². The molecule has 0 saturated carbocycles. The van der Waals surface area contributed by atoms with Crippen LogP contribution in [0.15, 0.2) is 54.0 Å². The summed E-state index contributed by atoms with van der Waals surface area (Å²) in [5, 5.41) is 13.0. The average molecular weight is 339 g/mol. The fourth-order valence-electron chi connectivity index (χ4n) is 2.47. The molecule has 0 aliphatic rings. The Morgan fingerprint density at radius 2 is 1.92 bits per heavy atom. The maximum atomic E-state index is 12.0. The molecular weight excluding hydrogens is 322 g/mol. The van der Waals surface area contributed by atoms with Crippen LogP contribution in [-0.4, -0.2) is 23.2 Å². The zero-order valence-electron chi connectivity index (χ0n) is 13.4. The molecule has 1 unspecified atom stereocenters. The molecule has 4 nitrogen and oxygen atoms in total. The maximum absolute atomic E-state index is 12.0. The number of aliphatic hydroxyl groups is 1. The van der Waals surface area contributed by atoms with E-state index < -0.39 is 12.1 Å². The average Bonchev–Trinajstić information content (AvgIpc) is 3.15. The lowest BCUT2D eigenvalue weighted by Gasteiger charge is -2.13. The van der Waals surface area contributed by atoms with Crippen molar-refractivity contribution in [1.82, 2.24) is 4.98 Å². The molecule has 24 heavy (non-hydrogen) atoms. The van der Waals surface area contributed by atoms with Gasteiger partial charge in [-0.2, -0.15) is 0 Å². The number of esters is 1. The first-order valence-corrected chi connectivity index (χ1v) is 8.34. The van der Waals surface area contributed by atoms with E-state index in [1.165, 1.54) is 18.4 Å². The Kier molecular flexibility index (Phi) is 4.74. The number of thiazole rings is 1. The van der Waals surface area contributed by atoms with Crippen LogP contribution in [0.2, 0.25) is 0 Å². The van der Waals surface area contributed by atoms with E-state index in [1.807, 2.05) is 42.6 Å². The molecule has 1 N–H and O–H groups in total. The van der Waals surface area contributed by atoms with Gasteiger partial charge in [0.15, 0.2) is 0 Å². The lowest BCUT2D eigenvalue weighted by atomic mass is 9.97. The SMILES string of the molecule is COC(=O)c1cc(-c2ccc(C)cc2)cc(C(O)c2nccs2)c1. The molecule has 0 bridgehead atoms. The minimum absolute atomic E-state index is 0.404. The first kappa shape index (κ1) is 16.4. The first-order chi connectivity index (χ1) is 11.6. The van der Waals surface area contributed by atoms with Crippen molar-refractivity contribution in [3.63, 3.8) is 0 Å². The lowest BCUT2D eigenvalue weighted by Crippen LogP contribution is -2.06. The Bertz CT molecular complexity index is 842. The van der Waals surface area contributed by atoms with E-state index in [0.29, 0.717) is 16.1 Å². The summed E-state index contributed by atoms with van der Waals surface area (Å²) < 4.78 is 4.84. The van der Waals surface area contributed by atoms with Crippen LogP contribution in [0.5, 0.6) is 0 Å². The Morgan fingerprint density at radius 1 is 1.17 bits per heavy atom. The number of carbonyl (C=O) groups excluding carboxylic acids is 1. The number of ether oxygens (including phenoxy) is 1. The van der Waals surface area contributed by atoms with E-state index in [2.05, 4.69) is 4.98 Å². The molecule has 0 aliphatic heterocycles. The molecule has 0 spiro atoms. The molecule has 0 fully saturated rings. The van der Waals surface area contributed by atoms with Crippen molar-refractivity contribution in [3.8, 4) is 11.1 Å². The van der Waals surface area contributed by atoms with Gasteiger partial charge in [0.05, 0.1) is 12.7 Å². The van der Waals surface area contributed by atoms with Crippen molar-refractivity contribution in [2.75, 3.05) is 7.11 Å². The molecule has 3 rings (SSSR count). The number of nitrogens with zero attached hydrogens (tertiary/aromatic N) is 1. The van der Waals surface area contributed by atoms with E-state index >= 15 is 0 Å². The highest BCUT2D eigenvalue weighted by atomic mass is 32.1. The van der Waals surface area contributed by atoms with Gasteiger partial charge in [0.2, 0.25) is 0 Å². The van der Waals surface area contributed by atoms with Gasteiger partial charge < -0.3 is 9.84 Å². The van der Waals surface area contributed by atoms with Crippen LogP contribution in [0.1, 0.15) is 32.6 Å². The monoisotopic (exact) mass is 339 g/mol. The molecule has 3 aromatic rings. The molecule has 1 aromatic heterocycles. The van der Waals surface area contributed by atoms with Crippen LogP contribution in [-0.2, 0) is 4.74 Å². The largest absolute Gasteiger partial charge is 0.465 e. The molecule has 5 heteroatoms. The molecule has 0 aliphatic carbocycles. The van der Waals surface area contributed by atoms with Crippen molar-refractivity contribution < 1.29 is 14.6 Å². The summed E-state index contributed by atoms with van der Waals surface area (Å²) in [6, 6.07) is 13.3. The van der Waals surface area contributed by atoms with Crippen molar-refractivity contribution in [2.24, 2.45) is 0 Å². The predicted molar refractivity (Wildman–Crippen MR) is 94.1 cm³/mol. The normalized spacial score (nSPS) is 12.0. The predicted octanol–water partition coefficient (Wildman–Crippen LogP) is 3.99. The fraction of sp³-hybridized carbons (Fsp3) is 0.158. The third-order valence-electron chi connectivity index (χ3n) is 3.76. The van der Waals surface area contributed by atoms with Gasteiger partial charge in [0.25, 0.3) is 0 Å². The minimum atomic E-state index is -0.876. The van der Waals surface area contributed by atoms with Crippen LogP contribution in [0, 0.1) is 6.92 Å². The van der Waals surface area contributed by atoms with Crippen molar-refractivity contribution in [1.29, 1.82) is 0 Å². The summed E-state index contributed by atoms with van der Waals surface area (Å²) >= 11 is 1.37. The van der Waals surface area contributed by atoms with E-state index in [4.69, 9.17) is 4.74 Å². The number of methoxy groups -OCH3 is 1. The Morgan fingerprint density at radius 3 is 2.54 bits per heavy atom. The number of aromatic nitrogens is 1. The number of rotatable bonds is 4. The van der Waals surface area contributed by atoms with Gasteiger partial charge in [0, 0.05) is 11.6 Å².